The summed E-state index contributed by atoms with van der Waals surface area (Å²) in [6.07, 6.45) is 2.83. The molecule has 0 amide bonds. The summed E-state index contributed by atoms with van der Waals surface area (Å²) in [6, 6.07) is 0.915. The summed E-state index contributed by atoms with van der Waals surface area (Å²) in [7, 11) is 0. The molecule has 0 bridgehead atoms. The van der Waals surface area contributed by atoms with Gasteiger partial charge in [-0.2, -0.15) is 0 Å². The highest BCUT2D eigenvalue weighted by Crippen LogP contribution is 2.27. The first-order chi connectivity index (χ1) is 7.40. The number of aliphatic hydroxyl groups is 1. The molecule has 1 aliphatic heterocycles. The SMILES string of the molecule is OCCOCCN1CCN(C2CC2)CC1. The highest BCUT2D eigenvalue weighted by atomic mass is 16.5. The monoisotopic (exact) mass is 214 g/mol. The van der Waals surface area contributed by atoms with Gasteiger partial charge in [-0.15, -0.1) is 0 Å². The molecule has 1 N–H and O–H groups in total. The Labute approximate surface area is 91.8 Å². The predicted octanol–water partition coefficient (Wildman–Crippen LogP) is -0.225. The van der Waals surface area contributed by atoms with E-state index in [1.54, 1.807) is 0 Å². The normalized spacial score (nSPS) is 24.6. The second-order valence-corrected chi connectivity index (χ2v) is 4.44. The van der Waals surface area contributed by atoms with E-state index >= 15 is 0 Å². The van der Waals surface area contributed by atoms with E-state index in [-0.39, 0.29) is 6.61 Å². The standard InChI is InChI=1S/C11H22N2O2/c14-8-10-15-9-7-12-3-5-13(6-4-12)11-1-2-11/h11,14H,1-10H2. The first-order valence-electron chi connectivity index (χ1n) is 6.05. The number of ether oxygens (including phenoxy) is 1. The van der Waals surface area contributed by atoms with E-state index < -0.39 is 0 Å². The Morgan fingerprint density at radius 1 is 1.07 bits per heavy atom. The van der Waals surface area contributed by atoms with Crippen molar-refractivity contribution in [2.45, 2.75) is 18.9 Å². The van der Waals surface area contributed by atoms with Gasteiger partial charge in [0.15, 0.2) is 0 Å². The van der Waals surface area contributed by atoms with E-state index in [9.17, 15) is 0 Å². The Morgan fingerprint density at radius 2 is 1.80 bits per heavy atom. The van der Waals surface area contributed by atoms with Gasteiger partial charge < -0.3 is 9.84 Å². The molecule has 0 unspecified atom stereocenters. The van der Waals surface area contributed by atoms with Crippen molar-refractivity contribution in [3.05, 3.63) is 0 Å². The van der Waals surface area contributed by atoms with Crippen LogP contribution < -0.4 is 0 Å². The van der Waals surface area contributed by atoms with Crippen LogP contribution in [0.4, 0.5) is 0 Å². The Kier molecular flexibility index (Phi) is 4.38. The predicted molar refractivity (Wildman–Crippen MR) is 58.9 cm³/mol. The minimum absolute atomic E-state index is 0.134. The summed E-state index contributed by atoms with van der Waals surface area (Å²) in [5.41, 5.74) is 0. The Balaban J connectivity index is 1.53. The van der Waals surface area contributed by atoms with Gasteiger partial charge in [0.25, 0.3) is 0 Å². The molecule has 88 valence electrons. The van der Waals surface area contributed by atoms with Crippen LogP contribution in [0, 0.1) is 0 Å². The fourth-order valence-electron chi connectivity index (χ4n) is 2.15. The van der Waals surface area contributed by atoms with Crippen LogP contribution in [0.2, 0.25) is 0 Å². The molecule has 1 saturated heterocycles. The van der Waals surface area contributed by atoms with Crippen molar-refractivity contribution in [1.82, 2.24) is 9.80 Å². The number of hydrogen-bond donors (Lipinski definition) is 1. The van der Waals surface area contributed by atoms with Gasteiger partial charge in [0.2, 0.25) is 0 Å². The average molecular weight is 214 g/mol. The van der Waals surface area contributed by atoms with Gasteiger partial charge in [-0.3, -0.25) is 9.80 Å². The molecular formula is C11H22N2O2. The molecule has 0 aromatic carbocycles. The maximum atomic E-state index is 8.56. The van der Waals surface area contributed by atoms with Gasteiger partial charge in [0.1, 0.15) is 0 Å². The fraction of sp³-hybridized carbons (Fsp3) is 1.00. The zero-order chi connectivity index (χ0) is 10.5. The van der Waals surface area contributed by atoms with Crippen LogP contribution in [-0.2, 0) is 4.74 Å². The summed E-state index contributed by atoms with van der Waals surface area (Å²) >= 11 is 0. The third-order valence-corrected chi connectivity index (χ3v) is 3.26. The van der Waals surface area contributed by atoms with Crippen molar-refractivity contribution >= 4 is 0 Å². The lowest BCUT2D eigenvalue weighted by molar-refractivity contribution is 0.0563. The third kappa shape index (κ3) is 3.72. The van der Waals surface area contributed by atoms with Crippen LogP contribution in [0.15, 0.2) is 0 Å². The van der Waals surface area contributed by atoms with Gasteiger partial charge in [0, 0.05) is 38.8 Å². The highest BCUT2D eigenvalue weighted by Gasteiger charge is 2.30. The smallest absolute Gasteiger partial charge is 0.0698 e. The number of hydrogen-bond acceptors (Lipinski definition) is 4. The maximum absolute atomic E-state index is 8.56. The minimum Gasteiger partial charge on any atom is -0.394 e. The molecule has 15 heavy (non-hydrogen) atoms. The van der Waals surface area contributed by atoms with Crippen molar-refractivity contribution in [3.63, 3.8) is 0 Å². The number of aliphatic hydroxyl groups excluding tert-OH is 1. The number of piperazine rings is 1. The van der Waals surface area contributed by atoms with Gasteiger partial charge >= 0.3 is 0 Å². The first kappa shape index (κ1) is 11.3. The molecule has 4 heteroatoms. The van der Waals surface area contributed by atoms with Crippen LogP contribution in [0.5, 0.6) is 0 Å². The molecule has 1 saturated carbocycles. The molecule has 2 rings (SSSR count). The molecule has 0 aromatic heterocycles. The average Bonchev–Trinajstić information content (AvgIpc) is 3.09. The second kappa shape index (κ2) is 5.80. The minimum atomic E-state index is 0.134. The van der Waals surface area contributed by atoms with Gasteiger partial charge in [-0.05, 0) is 12.8 Å². The van der Waals surface area contributed by atoms with Crippen molar-refractivity contribution in [2.75, 3.05) is 52.5 Å². The fourth-order valence-corrected chi connectivity index (χ4v) is 2.15. The summed E-state index contributed by atoms with van der Waals surface area (Å²) in [5, 5.41) is 8.56. The molecule has 0 atom stereocenters. The van der Waals surface area contributed by atoms with Crippen LogP contribution in [-0.4, -0.2) is 73.5 Å². The van der Waals surface area contributed by atoms with Gasteiger partial charge in [-0.25, -0.2) is 0 Å². The van der Waals surface area contributed by atoms with Gasteiger partial charge in [0.05, 0.1) is 19.8 Å². The molecule has 1 aliphatic carbocycles. The number of nitrogens with zero attached hydrogens (tertiary/aromatic N) is 2. The van der Waals surface area contributed by atoms with Crippen molar-refractivity contribution in [1.29, 1.82) is 0 Å². The Bertz CT molecular complexity index is 177. The van der Waals surface area contributed by atoms with Crippen molar-refractivity contribution in [3.8, 4) is 0 Å². The molecular weight excluding hydrogens is 192 g/mol. The van der Waals surface area contributed by atoms with E-state index in [1.807, 2.05) is 0 Å². The van der Waals surface area contributed by atoms with Crippen molar-refractivity contribution < 1.29 is 9.84 Å². The molecule has 0 radical (unpaired) electrons. The van der Waals surface area contributed by atoms with Crippen LogP contribution in [0.25, 0.3) is 0 Å². The van der Waals surface area contributed by atoms with Crippen molar-refractivity contribution in [2.24, 2.45) is 0 Å². The lowest BCUT2D eigenvalue weighted by Crippen LogP contribution is -2.48. The largest absolute Gasteiger partial charge is 0.394 e. The summed E-state index contributed by atoms with van der Waals surface area (Å²) in [5.74, 6) is 0. The van der Waals surface area contributed by atoms with Crippen LogP contribution in [0.1, 0.15) is 12.8 Å². The van der Waals surface area contributed by atoms with E-state index in [0.29, 0.717) is 6.61 Å². The molecule has 0 aromatic rings. The topological polar surface area (TPSA) is 35.9 Å². The first-order valence-corrected chi connectivity index (χ1v) is 6.05. The summed E-state index contributed by atoms with van der Waals surface area (Å²) in [6.45, 7) is 7.19. The van der Waals surface area contributed by atoms with E-state index in [1.165, 1.54) is 39.0 Å². The van der Waals surface area contributed by atoms with E-state index in [0.717, 1.165) is 19.2 Å². The molecule has 1 heterocycles. The zero-order valence-electron chi connectivity index (χ0n) is 9.40. The van der Waals surface area contributed by atoms with E-state index in [4.69, 9.17) is 9.84 Å². The lowest BCUT2D eigenvalue weighted by atomic mass is 10.3. The molecule has 0 spiro atoms. The highest BCUT2D eigenvalue weighted by molar-refractivity contribution is 4.87. The van der Waals surface area contributed by atoms with Gasteiger partial charge in [-0.1, -0.05) is 0 Å². The molecule has 4 nitrogen and oxygen atoms in total. The number of rotatable bonds is 6. The van der Waals surface area contributed by atoms with Crippen LogP contribution >= 0.6 is 0 Å². The summed E-state index contributed by atoms with van der Waals surface area (Å²) in [4.78, 5) is 5.07. The Hall–Kier alpha value is -0.160. The molecule has 2 fully saturated rings. The zero-order valence-corrected chi connectivity index (χ0v) is 9.40. The quantitative estimate of drug-likeness (QED) is 0.620. The van der Waals surface area contributed by atoms with Crippen LogP contribution in [0.3, 0.4) is 0 Å². The second-order valence-electron chi connectivity index (χ2n) is 4.44. The van der Waals surface area contributed by atoms with E-state index in [2.05, 4.69) is 9.80 Å². The third-order valence-electron chi connectivity index (χ3n) is 3.26. The lowest BCUT2D eigenvalue weighted by Gasteiger charge is -2.34. The summed E-state index contributed by atoms with van der Waals surface area (Å²) < 4.78 is 5.27. The molecule has 2 aliphatic rings. The maximum Gasteiger partial charge on any atom is 0.0698 e. The Morgan fingerprint density at radius 3 is 2.40 bits per heavy atom.